The molecule has 138 valence electrons. The molecule has 1 aromatic carbocycles. The van der Waals surface area contributed by atoms with Gasteiger partial charge in [0.25, 0.3) is 0 Å². The normalized spacial score (nSPS) is 38.8. The Bertz CT molecular complexity index is 601. The van der Waals surface area contributed by atoms with Gasteiger partial charge in [0.15, 0.2) is 17.9 Å². The van der Waals surface area contributed by atoms with E-state index in [0.717, 1.165) is 5.56 Å². The highest BCUT2D eigenvalue weighted by Crippen LogP contribution is 2.42. The Morgan fingerprint density at radius 3 is 2.32 bits per heavy atom. The van der Waals surface area contributed by atoms with Crippen LogP contribution in [0.5, 0.6) is 0 Å². The molecule has 3 aliphatic heterocycles. The summed E-state index contributed by atoms with van der Waals surface area (Å²) >= 11 is 0. The van der Waals surface area contributed by atoms with E-state index in [4.69, 9.17) is 28.4 Å². The van der Waals surface area contributed by atoms with Crippen molar-refractivity contribution in [3.05, 3.63) is 35.9 Å². The molecule has 3 heterocycles. The van der Waals surface area contributed by atoms with E-state index >= 15 is 0 Å². The first-order chi connectivity index (χ1) is 11.8. The van der Waals surface area contributed by atoms with Crippen LogP contribution in [0.15, 0.2) is 30.3 Å². The molecule has 0 spiro atoms. The zero-order valence-electron chi connectivity index (χ0n) is 15.1. The standard InChI is InChI=1S/C19H26O6/c1-18(2)21-11-13(23-18)14-15-16(25-19(3,4)24-15)17(22-14)20-10-12-8-6-5-7-9-12/h5-9,13-17H,10-11H2,1-4H3/t13-,14-,15+,16+,17+/m1/s1. The molecule has 0 aromatic heterocycles. The molecule has 3 fully saturated rings. The molecule has 25 heavy (non-hydrogen) atoms. The molecular formula is C19H26O6. The van der Waals surface area contributed by atoms with Crippen molar-refractivity contribution in [1.29, 1.82) is 0 Å². The maximum atomic E-state index is 6.14. The molecular weight excluding hydrogens is 324 g/mol. The summed E-state index contributed by atoms with van der Waals surface area (Å²) in [6, 6.07) is 10.0. The predicted molar refractivity (Wildman–Crippen MR) is 88.6 cm³/mol. The van der Waals surface area contributed by atoms with E-state index in [1.54, 1.807) is 0 Å². The van der Waals surface area contributed by atoms with Crippen molar-refractivity contribution in [2.45, 2.75) is 76.6 Å². The third-order valence-corrected chi connectivity index (χ3v) is 4.70. The van der Waals surface area contributed by atoms with Gasteiger partial charge in [-0.1, -0.05) is 30.3 Å². The summed E-state index contributed by atoms with van der Waals surface area (Å²) in [5.41, 5.74) is 1.09. The van der Waals surface area contributed by atoms with Crippen LogP contribution in [0.4, 0.5) is 0 Å². The second-order valence-corrected chi connectivity index (χ2v) is 7.70. The summed E-state index contributed by atoms with van der Waals surface area (Å²) in [5.74, 6) is -1.28. The first kappa shape index (κ1) is 17.4. The van der Waals surface area contributed by atoms with E-state index in [-0.39, 0.29) is 24.4 Å². The Labute approximate surface area is 148 Å². The Hall–Kier alpha value is -1.02. The summed E-state index contributed by atoms with van der Waals surface area (Å²) in [4.78, 5) is 0. The van der Waals surface area contributed by atoms with Crippen molar-refractivity contribution in [3.8, 4) is 0 Å². The van der Waals surface area contributed by atoms with Gasteiger partial charge in [0.2, 0.25) is 0 Å². The zero-order chi connectivity index (χ0) is 17.7. The number of fused-ring (bicyclic) bond motifs is 1. The van der Waals surface area contributed by atoms with Gasteiger partial charge in [-0.3, -0.25) is 0 Å². The molecule has 0 N–H and O–H groups in total. The first-order valence-corrected chi connectivity index (χ1v) is 8.81. The van der Waals surface area contributed by atoms with Crippen LogP contribution in [0, 0.1) is 0 Å². The third kappa shape index (κ3) is 3.60. The molecule has 4 rings (SSSR count). The van der Waals surface area contributed by atoms with Crippen LogP contribution in [0.1, 0.15) is 33.3 Å². The van der Waals surface area contributed by atoms with Crippen LogP contribution in [-0.4, -0.2) is 48.9 Å². The SMILES string of the molecule is CC1(C)O[C@@H]2[C@H](O1)[C@@H](OCc1ccccc1)O[C@@H]2[C@H]1COC(C)(C)O1. The molecule has 6 heteroatoms. The molecule has 0 radical (unpaired) electrons. The van der Waals surface area contributed by atoms with Crippen LogP contribution >= 0.6 is 0 Å². The maximum Gasteiger partial charge on any atom is 0.187 e. The minimum Gasteiger partial charge on any atom is -0.348 e. The summed E-state index contributed by atoms with van der Waals surface area (Å²) < 4.78 is 36.0. The quantitative estimate of drug-likeness (QED) is 0.832. The van der Waals surface area contributed by atoms with Gasteiger partial charge < -0.3 is 28.4 Å². The Kier molecular flexibility index (Phi) is 4.38. The Morgan fingerprint density at radius 2 is 1.64 bits per heavy atom. The monoisotopic (exact) mass is 350 g/mol. The molecule has 0 saturated carbocycles. The van der Waals surface area contributed by atoms with Gasteiger partial charge >= 0.3 is 0 Å². The average molecular weight is 350 g/mol. The minimum atomic E-state index is -0.666. The smallest absolute Gasteiger partial charge is 0.187 e. The fraction of sp³-hybridized carbons (Fsp3) is 0.684. The minimum absolute atomic E-state index is 0.203. The van der Waals surface area contributed by atoms with Crippen LogP contribution in [0.3, 0.4) is 0 Å². The molecule has 6 nitrogen and oxygen atoms in total. The van der Waals surface area contributed by atoms with Crippen molar-refractivity contribution in [1.82, 2.24) is 0 Å². The van der Waals surface area contributed by atoms with Gasteiger partial charge in [0.1, 0.15) is 24.4 Å². The van der Waals surface area contributed by atoms with Gasteiger partial charge in [-0.25, -0.2) is 0 Å². The van der Waals surface area contributed by atoms with Gasteiger partial charge in [0, 0.05) is 0 Å². The number of hydrogen-bond donors (Lipinski definition) is 0. The number of ether oxygens (including phenoxy) is 6. The summed E-state index contributed by atoms with van der Waals surface area (Å²) in [5, 5.41) is 0. The van der Waals surface area contributed by atoms with Gasteiger partial charge in [-0.05, 0) is 33.3 Å². The second kappa shape index (κ2) is 6.30. The van der Waals surface area contributed by atoms with Crippen molar-refractivity contribution in [2.75, 3.05) is 6.61 Å². The molecule has 0 aliphatic carbocycles. The molecule has 3 aliphatic rings. The van der Waals surface area contributed by atoms with E-state index < -0.39 is 17.9 Å². The number of benzene rings is 1. The van der Waals surface area contributed by atoms with Crippen LogP contribution in [-0.2, 0) is 35.0 Å². The molecule has 0 amide bonds. The lowest BCUT2D eigenvalue weighted by Crippen LogP contribution is -2.40. The average Bonchev–Trinajstić information content (AvgIpc) is 3.17. The van der Waals surface area contributed by atoms with Crippen molar-refractivity contribution in [3.63, 3.8) is 0 Å². The van der Waals surface area contributed by atoms with Gasteiger partial charge in [0.05, 0.1) is 13.2 Å². The second-order valence-electron chi connectivity index (χ2n) is 7.70. The van der Waals surface area contributed by atoms with E-state index in [2.05, 4.69) is 0 Å². The van der Waals surface area contributed by atoms with E-state index in [9.17, 15) is 0 Å². The highest BCUT2D eigenvalue weighted by atomic mass is 16.8. The van der Waals surface area contributed by atoms with Gasteiger partial charge in [-0.15, -0.1) is 0 Å². The van der Waals surface area contributed by atoms with E-state index in [1.165, 1.54) is 0 Å². The van der Waals surface area contributed by atoms with Crippen molar-refractivity contribution >= 4 is 0 Å². The third-order valence-electron chi connectivity index (χ3n) is 4.70. The fourth-order valence-corrected chi connectivity index (χ4v) is 3.65. The van der Waals surface area contributed by atoms with Crippen LogP contribution in [0.25, 0.3) is 0 Å². The zero-order valence-corrected chi connectivity index (χ0v) is 15.1. The molecule has 1 aromatic rings. The summed E-state index contributed by atoms with van der Waals surface area (Å²) in [6.45, 7) is 8.55. The van der Waals surface area contributed by atoms with Crippen LogP contribution in [0.2, 0.25) is 0 Å². The summed E-state index contributed by atoms with van der Waals surface area (Å²) in [7, 11) is 0. The lowest BCUT2D eigenvalue weighted by atomic mass is 10.1. The van der Waals surface area contributed by atoms with Gasteiger partial charge in [-0.2, -0.15) is 0 Å². The highest BCUT2D eigenvalue weighted by molar-refractivity contribution is 5.13. The van der Waals surface area contributed by atoms with E-state index in [0.29, 0.717) is 13.2 Å². The lowest BCUT2D eigenvalue weighted by molar-refractivity contribution is -0.250. The maximum absolute atomic E-state index is 6.14. The lowest BCUT2D eigenvalue weighted by Gasteiger charge is -2.27. The molecule has 0 bridgehead atoms. The largest absolute Gasteiger partial charge is 0.348 e. The number of rotatable bonds is 4. The fourth-order valence-electron chi connectivity index (χ4n) is 3.65. The Morgan fingerprint density at radius 1 is 0.920 bits per heavy atom. The number of hydrogen-bond acceptors (Lipinski definition) is 6. The molecule has 0 unspecified atom stereocenters. The summed E-state index contributed by atoms with van der Waals surface area (Å²) in [6.07, 6.45) is -1.50. The van der Waals surface area contributed by atoms with Crippen molar-refractivity contribution < 1.29 is 28.4 Å². The van der Waals surface area contributed by atoms with Crippen molar-refractivity contribution in [2.24, 2.45) is 0 Å². The van der Waals surface area contributed by atoms with Crippen LogP contribution < -0.4 is 0 Å². The first-order valence-electron chi connectivity index (χ1n) is 8.81. The molecule has 3 saturated heterocycles. The highest BCUT2D eigenvalue weighted by Gasteiger charge is 2.59. The topological polar surface area (TPSA) is 55.4 Å². The Balaban J connectivity index is 1.47. The molecule has 5 atom stereocenters. The predicted octanol–water partition coefficient (Wildman–Crippen LogP) is 2.60. The van der Waals surface area contributed by atoms with E-state index in [1.807, 2.05) is 58.0 Å².